The third-order valence-corrected chi connectivity index (χ3v) is 8.41. The monoisotopic (exact) mass is 491 g/mol. The van der Waals surface area contributed by atoms with Crippen LogP contribution in [0.3, 0.4) is 0 Å². The number of rotatable bonds is 8. The number of hydrogen-bond donors (Lipinski definition) is 0. The van der Waals surface area contributed by atoms with Gasteiger partial charge in [0.2, 0.25) is 5.91 Å². The molecule has 5 nitrogen and oxygen atoms in total. The average molecular weight is 492 g/mol. The highest BCUT2D eigenvalue weighted by molar-refractivity contribution is 7.99. The van der Waals surface area contributed by atoms with E-state index in [2.05, 4.69) is 27.7 Å². The molecule has 1 heterocycles. The maximum absolute atomic E-state index is 13.7. The summed E-state index contributed by atoms with van der Waals surface area (Å²) in [5.74, 6) is 1.59. The zero-order valence-corrected chi connectivity index (χ0v) is 21.6. The second kappa shape index (κ2) is 11.5. The number of benzene rings is 2. The maximum atomic E-state index is 13.7. The molecular formula is C29H37N3O2S. The Morgan fingerprint density at radius 1 is 0.943 bits per heavy atom. The molecule has 0 spiro atoms. The van der Waals surface area contributed by atoms with Gasteiger partial charge in [-0.05, 0) is 69.0 Å². The van der Waals surface area contributed by atoms with E-state index in [0.717, 1.165) is 53.3 Å². The summed E-state index contributed by atoms with van der Waals surface area (Å²) in [6, 6.07) is 17.2. The number of nitrogens with zero attached hydrogens (tertiary/aromatic N) is 3. The van der Waals surface area contributed by atoms with Crippen molar-refractivity contribution in [2.45, 2.75) is 88.4 Å². The van der Waals surface area contributed by atoms with Crippen molar-refractivity contribution in [3.05, 3.63) is 48.5 Å². The van der Waals surface area contributed by atoms with E-state index < -0.39 is 0 Å². The Labute approximate surface area is 213 Å². The van der Waals surface area contributed by atoms with Crippen LogP contribution >= 0.6 is 11.8 Å². The van der Waals surface area contributed by atoms with E-state index in [1.54, 1.807) is 11.8 Å². The number of fused-ring (bicyclic) bond motifs is 1. The molecule has 2 aromatic carbocycles. The molecule has 3 aromatic rings. The van der Waals surface area contributed by atoms with Gasteiger partial charge < -0.3 is 9.64 Å². The molecule has 2 saturated carbocycles. The van der Waals surface area contributed by atoms with Gasteiger partial charge in [-0.15, -0.1) is 0 Å². The first kappa shape index (κ1) is 24.2. The Morgan fingerprint density at radius 2 is 1.57 bits per heavy atom. The lowest BCUT2D eigenvalue weighted by molar-refractivity contribution is -0.135. The lowest BCUT2D eigenvalue weighted by Gasteiger charge is -2.41. The van der Waals surface area contributed by atoms with Gasteiger partial charge in [-0.2, -0.15) is 0 Å². The summed E-state index contributed by atoms with van der Waals surface area (Å²) in [5, 5.41) is 0.871. The van der Waals surface area contributed by atoms with Crippen LogP contribution in [0.25, 0.3) is 16.7 Å². The van der Waals surface area contributed by atoms with Gasteiger partial charge >= 0.3 is 0 Å². The number of carbonyl (C=O) groups is 1. The highest BCUT2D eigenvalue weighted by Gasteiger charge is 2.32. The summed E-state index contributed by atoms with van der Waals surface area (Å²) < 4.78 is 7.81. The van der Waals surface area contributed by atoms with Crippen LogP contribution in [0.2, 0.25) is 0 Å². The zero-order chi connectivity index (χ0) is 24.0. The van der Waals surface area contributed by atoms with Crippen LogP contribution in [-0.4, -0.2) is 44.8 Å². The molecule has 1 aromatic heterocycles. The Balaban J connectivity index is 1.39. The van der Waals surface area contributed by atoms with E-state index in [1.807, 2.05) is 37.3 Å². The molecule has 2 aliphatic rings. The molecule has 0 radical (unpaired) electrons. The highest BCUT2D eigenvalue weighted by Crippen LogP contribution is 2.33. The third-order valence-electron chi connectivity index (χ3n) is 7.48. The molecule has 2 fully saturated rings. The van der Waals surface area contributed by atoms with Crippen molar-refractivity contribution in [1.29, 1.82) is 0 Å². The smallest absolute Gasteiger partial charge is 0.233 e. The first-order valence-electron chi connectivity index (χ1n) is 13.4. The van der Waals surface area contributed by atoms with Crippen molar-refractivity contribution >= 4 is 28.7 Å². The van der Waals surface area contributed by atoms with Crippen LogP contribution in [0.4, 0.5) is 0 Å². The molecule has 186 valence electrons. The van der Waals surface area contributed by atoms with Gasteiger partial charge in [-0.25, -0.2) is 4.98 Å². The van der Waals surface area contributed by atoms with Crippen LogP contribution in [0, 0.1) is 0 Å². The van der Waals surface area contributed by atoms with Crippen LogP contribution in [0.5, 0.6) is 5.75 Å². The van der Waals surface area contributed by atoms with Crippen LogP contribution in [0.15, 0.2) is 53.7 Å². The Morgan fingerprint density at radius 3 is 2.20 bits per heavy atom. The van der Waals surface area contributed by atoms with Gasteiger partial charge in [0.25, 0.3) is 0 Å². The van der Waals surface area contributed by atoms with E-state index in [9.17, 15) is 4.79 Å². The number of carbonyl (C=O) groups excluding carboxylic acids is 1. The van der Waals surface area contributed by atoms with Crippen LogP contribution in [-0.2, 0) is 4.79 Å². The van der Waals surface area contributed by atoms with Crippen LogP contribution in [0.1, 0.15) is 71.1 Å². The molecule has 0 N–H and O–H groups in total. The van der Waals surface area contributed by atoms with E-state index in [1.165, 1.54) is 38.5 Å². The summed E-state index contributed by atoms with van der Waals surface area (Å²) in [7, 11) is 0. The molecular weight excluding hydrogens is 454 g/mol. The number of amides is 1. The Bertz CT molecular complexity index is 1100. The third kappa shape index (κ3) is 5.53. The second-order valence-corrected chi connectivity index (χ2v) is 10.8. The van der Waals surface area contributed by atoms with Gasteiger partial charge in [0.05, 0.1) is 23.4 Å². The van der Waals surface area contributed by atoms with Crippen LogP contribution < -0.4 is 4.74 Å². The molecule has 6 heteroatoms. The molecule has 1 amide bonds. The van der Waals surface area contributed by atoms with E-state index in [-0.39, 0.29) is 0 Å². The number of para-hydroxylation sites is 2. The molecule has 0 atom stereocenters. The summed E-state index contributed by atoms with van der Waals surface area (Å²) in [6.07, 6.45) is 12.3. The predicted molar refractivity (Wildman–Crippen MR) is 144 cm³/mol. The highest BCUT2D eigenvalue weighted by atomic mass is 32.2. The summed E-state index contributed by atoms with van der Waals surface area (Å²) in [5.41, 5.74) is 3.05. The SMILES string of the molecule is CCOc1ccc(-n2c(SCC(=O)N(C3CCCCC3)C3CCCCC3)nc3ccccc32)cc1. The molecule has 0 unspecified atom stereocenters. The molecule has 0 aliphatic heterocycles. The van der Waals surface area contributed by atoms with E-state index >= 15 is 0 Å². The maximum Gasteiger partial charge on any atom is 0.233 e. The first-order valence-corrected chi connectivity index (χ1v) is 14.4. The fourth-order valence-electron chi connectivity index (χ4n) is 5.83. The first-order chi connectivity index (χ1) is 17.2. The van der Waals surface area contributed by atoms with Gasteiger partial charge in [-0.1, -0.05) is 62.4 Å². The normalized spacial score (nSPS) is 17.5. The molecule has 0 bridgehead atoms. The fraction of sp³-hybridized carbons (Fsp3) is 0.517. The van der Waals surface area contributed by atoms with Crippen molar-refractivity contribution < 1.29 is 9.53 Å². The molecule has 5 rings (SSSR count). The van der Waals surface area contributed by atoms with Crippen molar-refractivity contribution in [3.63, 3.8) is 0 Å². The van der Waals surface area contributed by atoms with Gasteiger partial charge in [0.1, 0.15) is 5.75 Å². The average Bonchev–Trinajstić information content (AvgIpc) is 3.28. The topological polar surface area (TPSA) is 47.4 Å². The summed E-state index contributed by atoms with van der Waals surface area (Å²) >= 11 is 1.58. The van der Waals surface area contributed by atoms with Gasteiger partial charge in [0.15, 0.2) is 5.16 Å². The number of thioether (sulfide) groups is 1. The minimum absolute atomic E-state index is 0.291. The molecule has 35 heavy (non-hydrogen) atoms. The lowest BCUT2D eigenvalue weighted by atomic mass is 9.88. The minimum atomic E-state index is 0.291. The molecule has 0 saturated heterocycles. The van der Waals surface area contributed by atoms with Crippen molar-refractivity contribution in [1.82, 2.24) is 14.5 Å². The number of aromatic nitrogens is 2. The minimum Gasteiger partial charge on any atom is -0.494 e. The summed E-state index contributed by atoms with van der Waals surface area (Å²) in [6.45, 7) is 2.64. The predicted octanol–water partition coefficient (Wildman–Crippen LogP) is 7.01. The number of imidazole rings is 1. The second-order valence-electron chi connectivity index (χ2n) is 9.82. The standard InChI is InChI=1S/C29H37N3O2S/c1-2-34-25-19-17-24(18-20-25)32-27-16-10-9-15-26(27)30-29(32)35-21-28(33)31(22-11-5-3-6-12-22)23-13-7-4-8-14-23/h9-10,15-20,22-23H,2-8,11-14,21H2,1H3. The van der Waals surface area contributed by atoms with E-state index in [4.69, 9.17) is 9.72 Å². The number of ether oxygens (including phenoxy) is 1. The van der Waals surface area contributed by atoms with E-state index in [0.29, 0.717) is 30.4 Å². The quantitative estimate of drug-likeness (QED) is 0.318. The van der Waals surface area contributed by atoms with Crippen molar-refractivity contribution in [2.24, 2.45) is 0 Å². The fourth-order valence-corrected chi connectivity index (χ4v) is 6.73. The van der Waals surface area contributed by atoms with Crippen molar-refractivity contribution in [2.75, 3.05) is 12.4 Å². The van der Waals surface area contributed by atoms with Gasteiger partial charge in [0, 0.05) is 17.8 Å². The summed E-state index contributed by atoms with van der Waals surface area (Å²) in [4.78, 5) is 21.0. The van der Waals surface area contributed by atoms with Crippen molar-refractivity contribution in [3.8, 4) is 11.4 Å². The Hall–Kier alpha value is -2.47. The lowest BCUT2D eigenvalue weighted by Crippen LogP contribution is -2.49. The Kier molecular flexibility index (Phi) is 7.97. The van der Waals surface area contributed by atoms with Gasteiger partial charge in [-0.3, -0.25) is 9.36 Å². The number of hydrogen-bond acceptors (Lipinski definition) is 4. The zero-order valence-electron chi connectivity index (χ0n) is 20.8. The molecule has 2 aliphatic carbocycles. The largest absolute Gasteiger partial charge is 0.494 e.